The zero-order valence-electron chi connectivity index (χ0n) is 12.7. The molecule has 5 nitrogen and oxygen atoms in total. The van der Waals surface area contributed by atoms with Crippen LogP contribution in [0.1, 0.15) is 54.0 Å². The summed E-state index contributed by atoms with van der Waals surface area (Å²) >= 11 is 0. The van der Waals surface area contributed by atoms with E-state index < -0.39 is 17.8 Å². The van der Waals surface area contributed by atoms with Gasteiger partial charge in [-0.05, 0) is 25.8 Å². The Morgan fingerprint density at radius 2 is 1.96 bits per heavy atom. The highest BCUT2D eigenvalue weighted by Gasteiger charge is 2.35. The van der Waals surface area contributed by atoms with Gasteiger partial charge in [-0.15, -0.1) is 0 Å². The minimum absolute atomic E-state index is 0.0196. The van der Waals surface area contributed by atoms with E-state index in [0.29, 0.717) is 4.52 Å². The first-order valence-corrected chi connectivity index (χ1v) is 7.60. The summed E-state index contributed by atoms with van der Waals surface area (Å²) in [5, 5.41) is 6.65. The van der Waals surface area contributed by atoms with E-state index in [2.05, 4.69) is 15.4 Å². The summed E-state index contributed by atoms with van der Waals surface area (Å²) in [6.45, 7) is 1.48. The average Bonchev–Trinajstić information content (AvgIpc) is 2.90. The van der Waals surface area contributed by atoms with Gasteiger partial charge >= 0.3 is 6.18 Å². The SMILES string of the molecule is Cc1cc(C(F)(F)F)n2nc(C(=O)NC3CCCCC3)cc2n1. The maximum Gasteiger partial charge on any atom is 0.433 e. The summed E-state index contributed by atoms with van der Waals surface area (Å²) < 4.78 is 40.0. The van der Waals surface area contributed by atoms with Gasteiger partial charge in [-0.25, -0.2) is 9.50 Å². The number of hydrogen-bond donors (Lipinski definition) is 1. The summed E-state index contributed by atoms with van der Waals surface area (Å²) in [4.78, 5) is 16.3. The minimum Gasteiger partial charge on any atom is -0.348 e. The van der Waals surface area contributed by atoms with Gasteiger partial charge in [-0.2, -0.15) is 18.3 Å². The zero-order valence-corrected chi connectivity index (χ0v) is 12.7. The minimum atomic E-state index is -4.56. The van der Waals surface area contributed by atoms with Crippen molar-refractivity contribution in [3.8, 4) is 0 Å². The summed E-state index contributed by atoms with van der Waals surface area (Å²) in [7, 11) is 0. The molecule has 2 heterocycles. The predicted octanol–water partition coefficient (Wildman–Crippen LogP) is 3.12. The average molecular weight is 326 g/mol. The molecule has 0 aromatic carbocycles. The third-order valence-corrected chi connectivity index (χ3v) is 4.02. The van der Waals surface area contributed by atoms with Crippen molar-refractivity contribution in [3.63, 3.8) is 0 Å². The van der Waals surface area contributed by atoms with E-state index in [-0.39, 0.29) is 23.1 Å². The Balaban J connectivity index is 1.91. The molecule has 8 heteroatoms. The fourth-order valence-electron chi connectivity index (χ4n) is 2.92. The highest BCUT2D eigenvalue weighted by Crippen LogP contribution is 2.29. The van der Waals surface area contributed by atoms with Crippen LogP contribution in [-0.2, 0) is 6.18 Å². The van der Waals surface area contributed by atoms with Crippen molar-refractivity contribution in [3.05, 3.63) is 29.2 Å². The number of rotatable bonds is 2. The third-order valence-electron chi connectivity index (χ3n) is 4.02. The van der Waals surface area contributed by atoms with Gasteiger partial charge in [0.15, 0.2) is 11.3 Å². The number of fused-ring (bicyclic) bond motifs is 1. The fourth-order valence-corrected chi connectivity index (χ4v) is 2.92. The van der Waals surface area contributed by atoms with Crippen LogP contribution in [0.4, 0.5) is 13.2 Å². The molecule has 1 amide bonds. The Labute approximate surface area is 130 Å². The van der Waals surface area contributed by atoms with Crippen molar-refractivity contribution in [1.82, 2.24) is 19.9 Å². The van der Waals surface area contributed by atoms with Crippen LogP contribution in [0, 0.1) is 6.92 Å². The van der Waals surface area contributed by atoms with E-state index in [9.17, 15) is 18.0 Å². The van der Waals surface area contributed by atoms with Gasteiger partial charge in [0.1, 0.15) is 5.69 Å². The second-order valence-electron chi connectivity index (χ2n) is 5.89. The number of aryl methyl sites for hydroxylation is 1. The Morgan fingerprint density at radius 1 is 1.26 bits per heavy atom. The van der Waals surface area contributed by atoms with Gasteiger partial charge in [0.05, 0.1) is 0 Å². The largest absolute Gasteiger partial charge is 0.433 e. The molecule has 0 atom stereocenters. The number of alkyl halides is 3. The molecule has 1 saturated carbocycles. The molecule has 23 heavy (non-hydrogen) atoms. The molecule has 1 N–H and O–H groups in total. The number of halogens is 3. The summed E-state index contributed by atoms with van der Waals surface area (Å²) in [6.07, 6.45) is 0.479. The van der Waals surface area contributed by atoms with Crippen LogP contribution in [0.2, 0.25) is 0 Å². The Morgan fingerprint density at radius 3 is 2.61 bits per heavy atom. The number of carbonyl (C=O) groups is 1. The van der Waals surface area contributed by atoms with Crippen molar-refractivity contribution in [2.24, 2.45) is 0 Å². The standard InChI is InChI=1S/C15H17F3N4O/c1-9-7-12(15(16,17)18)22-13(19-9)8-11(21-22)14(23)20-10-5-3-2-4-6-10/h7-8,10H,2-6H2,1H3,(H,20,23). The number of amides is 1. The van der Waals surface area contributed by atoms with Crippen molar-refractivity contribution >= 4 is 11.6 Å². The van der Waals surface area contributed by atoms with Crippen LogP contribution in [0.25, 0.3) is 5.65 Å². The summed E-state index contributed by atoms with van der Waals surface area (Å²) in [5.41, 5.74) is -0.731. The number of hydrogen-bond acceptors (Lipinski definition) is 3. The topological polar surface area (TPSA) is 59.3 Å². The molecule has 1 fully saturated rings. The Bertz CT molecular complexity index is 732. The second-order valence-corrected chi connectivity index (χ2v) is 5.89. The number of carbonyl (C=O) groups excluding carboxylic acids is 1. The zero-order chi connectivity index (χ0) is 16.6. The first-order valence-electron chi connectivity index (χ1n) is 7.60. The van der Waals surface area contributed by atoms with Crippen molar-refractivity contribution in [2.75, 3.05) is 0 Å². The highest BCUT2D eigenvalue weighted by atomic mass is 19.4. The molecule has 3 rings (SSSR count). The van der Waals surface area contributed by atoms with Gasteiger partial charge in [0, 0.05) is 17.8 Å². The van der Waals surface area contributed by atoms with Gasteiger partial charge in [0.2, 0.25) is 0 Å². The van der Waals surface area contributed by atoms with Crippen LogP contribution >= 0.6 is 0 Å². The van der Waals surface area contributed by atoms with E-state index in [1.165, 1.54) is 13.0 Å². The van der Waals surface area contributed by atoms with E-state index >= 15 is 0 Å². The molecule has 0 saturated heterocycles. The molecular formula is C15H17F3N4O. The third kappa shape index (κ3) is 3.30. The maximum atomic E-state index is 13.1. The number of nitrogens with zero attached hydrogens (tertiary/aromatic N) is 3. The van der Waals surface area contributed by atoms with E-state index in [4.69, 9.17) is 0 Å². The Kier molecular flexibility index (Phi) is 3.99. The fraction of sp³-hybridized carbons (Fsp3) is 0.533. The van der Waals surface area contributed by atoms with Gasteiger partial charge < -0.3 is 5.32 Å². The van der Waals surface area contributed by atoms with Crippen LogP contribution in [0.5, 0.6) is 0 Å². The molecule has 0 aliphatic heterocycles. The van der Waals surface area contributed by atoms with E-state index in [1.807, 2.05) is 0 Å². The van der Waals surface area contributed by atoms with Crippen molar-refractivity contribution in [2.45, 2.75) is 51.2 Å². The molecule has 1 aliphatic rings. The monoisotopic (exact) mass is 326 g/mol. The van der Waals surface area contributed by atoms with Crippen molar-refractivity contribution in [1.29, 1.82) is 0 Å². The van der Waals surface area contributed by atoms with Gasteiger partial charge in [0.25, 0.3) is 5.91 Å². The lowest BCUT2D eigenvalue weighted by atomic mass is 9.95. The molecule has 0 unspecified atom stereocenters. The molecule has 0 radical (unpaired) electrons. The molecule has 2 aromatic heterocycles. The quantitative estimate of drug-likeness (QED) is 0.922. The normalized spacial score (nSPS) is 16.7. The lowest BCUT2D eigenvalue weighted by Gasteiger charge is -2.22. The molecule has 2 aromatic rings. The van der Waals surface area contributed by atoms with Crippen LogP contribution in [0.15, 0.2) is 12.1 Å². The number of aromatic nitrogens is 3. The smallest absolute Gasteiger partial charge is 0.348 e. The summed E-state index contributed by atoms with van der Waals surface area (Å²) in [6, 6.07) is 2.28. The predicted molar refractivity (Wildman–Crippen MR) is 77.1 cm³/mol. The second kappa shape index (κ2) is 5.82. The lowest BCUT2D eigenvalue weighted by molar-refractivity contribution is -0.142. The molecule has 124 valence electrons. The number of nitrogens with one attached hydrogen (secondary N) is 1. The van der Waals surface area contributed by atoms with Crippen molar-refractivity contribution < 1.29 is 18.0 Å². The molecule has 0 spiro atoms. The molecular weight excluding hydrogens is 309 g/mol. The van der Waals surface area contributed by atoms with Gasteiger partial charge in [-0.3, -0.25) is 4.79 Å². The van der Waals surface area contributed by atoms with Crippen LogP contribution in [0.3, 0.4) is 0 Å². The van der Waals surface area contributed by atoms with Crippen LogP contribution in [-0.4, -0.2) is 26.5 Å². The lowest BCUT2D eigenvalue weighted by Crippen LogP contribution is -2.36. The van der Waals surface area contributed by atoms with Gasteiger partial charge in [-0.1, -0.05) is 19.3 Å². The first-order chi connectivity index (χ1) is 10.8. The molecule has 0 bridgehead atoms. The molecule has 1 aliphatic carbocycles. The highest BCUT2D eigenvalue weighted by molar-refractivity contribution is 5.93. The van der Waals surface area contributed by atoms with Crippen LogP contribution < -0.4 is 5.32 Å². The van der Waals surface area contributed by atoms with E-state index in [0.717, 1.165) is 38.2 Å². The maximum absolute atomic E-state index is 13.1. The summed E-state index contributed by atoms with van der Waals surface area (Å²) in [5.74, 6) is -0.451. The van der Waals surface area contributed by atoms with E-state index in [1.54, 1.807) is 0 Å². The Hall–Kier alpha value is -2.12. The first kappa shape index (κ1) is 15.8.